The molecule has 0 aliphatic heterocycles. The average Bonchev–Trinajstić information content (AvgIpc) is 2.62. The topological polar surface area (TPSA) is 48.4 Å². The molecule has 0 aliphatic carbocycles. The molecule has 3 aromatic rings. The number of aromatic nitrogens is 1. The van der Waals surface area contributed by atoms with Gasteiger partial charge in [0.25, 0.3) is 0 Å². The molecule has 4 nitrogen and oxygen atoms in total. The van der Waals surface area contributed by atoms with Crippen LogP contribution in [0.1, 0.15) is 23.7 Å². The van der Waals surface area contributed by atoms with Crippen LogP contribution >= 0.6 is 0 Å². The van der Waals surface area contributed by atoms with Crippen LogP contribution in [0, 0.1) is 6.92 Å². The van der Waals surface area contributed by atoms with Crippen LogP contribution in [0.3, 0.4) is 0 Å². The van der Waals surface area contributed by atoms with Crippen LogP contribution in [-0.2, 0) is 22.6 Å². The predicted molar refractivity (Wildman–Crippen MR) is 97.6 cm³/mol. The van der Waals surface area contributed by atoms with Gasteiger partial charge in [-0.3, -0.25) is 4.79 Å². The van der Waals surface area contributed by atoms with Crippen LogP contribution in [0.5, 0.6) is 5.75 Å². The molecule has 2 aromatic carbocycles. The Morgan fingerprint density at radius 3 is 2.60 bits per heavy atom. The van der Waals surface area contributed by atoms with Gasteiger partial charge < -0.3 is 9.47 Å². The second-order valence-electron chi connectivity index (χ2n) is 5.83. The zero-order valence-corrected chi connectivity index (χ0v) is 14.5. The summed E-state index contributed by atoms with van der Waals surface area (Å²) >= 11 is 0. The van der Waals surface area contributed by atoms with Crippen molar-refractivity contribution in [3.63, 3.8) is 0 Å². The number of aryl methyl sites for hydroxylation is 1. The molecule has 0 radical (unpaired) electrons. The summed E-state index contributed by atoms with van der Waals surface area (Å²) in [4.78, 5) is 16.5. The van der Waals surface area contributed by atoms with E-state index in [1.54, 1.807) is 6.92 Å². The summed E-state index contributed by atoms with van der Waals surface area (Å²) in [6.07, 6.45) is 0.230. The minimum atomic E-state index is -0.234. The van der Waals surface area contributed by atoms with E-state index in [1.807, 2.05) is 61.5 Å². The van der Waals surface area contributed by atoms with Gasteiger partial charge in [-0.25, -0.2) is 4.98 Å². The van der Waals surface area contributed by atoms with Gasteiger partial charge >= 0.3 is 5.97 Å². The molecule has 0 spiro atoms. The number of nitrogens with zero attached hydrogens (tertiary/aromatic N) is 1. The lowest BCUT2D eigenvalue weighted by molar-refractivity contribution is -0.142. The van der Waals surface area contributed by atoms with Gasteiger partial charge in [0.1, 0.15) is 17.9 Å². The SMILES string of the molecule is CCOC(=O)Cc1ccc(OCc2ccccc2)c2nc(C)ccc12. The van der Waals surface area contributed by atoms with Crippen molar-refractivity contribution in [2.45, 2.75) is 26.9 Å². The van der Waals surface area contributed by atoms with Crippen molar-refractivity contribution in [2.24, 2.45) is 0 Å². The van der Waals surface area contributed by atoms with Crippen molar-refractivity contribution >= 4 is 16.9 Å². The van der Waals surface area contributed by atoms with Crippen molar-refractivity contribution in [3.8, 4) is 5.75 Å². The number of esters is 1. The molecule has 0 bridgehead atoms. The first-order valence-corrected chi connectivity index (χ1v) is 8.39. The van der Waals surface area contributed by atoms with E-state index in [2.05, 4.69) is 4.98 Å². The average molecular weight is 335 g/mol. The van der Waals surface area contributed by atoms with Crippen LogP contribution in [0.4, 0.5) is 0 Å². The molecule has 128 valence electrons. The second kappa shape index (κ2) is 7.79. The van der Waals surface area contributed by atoms with Gasteiger partial charge in [0.15, 0.2) is 0 Å². The molecule has 0 aliphatic rings. The molecule has 0 fully saturated rings. The normalized spacial score (nSPS) is 10.6. The summed E-state index contributed by atoms with van der Waals surface area (Å²) in [5.41, 5.74) is 3.68. The third-order valence-corrected chi connectivity index (χ3v) is 3.93. The van der Waals surface area contributed by atoms with Gasteiger partial charge in [0.2, 0.25) is 0 Å². The van der Waals surface area contributed by atoms with Gasteiger partial charge in [-0.2, -0.15) is 0 Å². The fourth-order valence-electron chi connectivity index (χ4n) is 2.72. The molecule has 1 aromatic heterocycles. The second-order valence-corrected chi connectivity index (χ2v) is 5.83. The van der Waals surface area contributed by atoms with Crippen molar-refractivity contribution in [1.82, 2.24) is 4.98 Å². The van der Waals surface area contributed by atoms with Crippen LogP contribution in [0.25, 0.3) is 10.9 Å². The highest BCUT2D eigenvalue weighted by molar-refractivity contribution is 5.90. The predicted octanol–water partition coefficient (Wildman–Crippen LogP) is 4.23. The number of ether oxygens (including phenoxy) is 2. The summed E-state index contributed by atoms with van der Waals surface area (Å²) in [6.45, 7) is 4.61. The number of hydrogen-bond acceptors (Lipinski definition) is 4. The lowest BCUT2D eigenvalue weighted by atomic mass is 10.0. The Kier molecular flexibility index (Phi) is 5.29. The highest BCUT2D eigenvalue weighted by atomic mass is 16.5. The minimum absolute atomic E-state index is 0.230. The smallest absolute Gasteiger partial charge is 0.310 e. The first-order valence-electron chi connectivity index (χ1n) is 8.39. The van der Waals surface area contributed by atoms with Gasteiger partial charge in [-0.1, -0.05) is 42.5 Å². The lowest BCUT2D eigenvalue weighted by Gasteiger charge is -2.12. The number of carbonyl (C=O) groups is 1. The van der Waals surface area contributed by atoms with Crippen LogP contribution in [-0.4, -0.2) is 17.6 Å². The number of fused-ring (bicyclic) bond motifs is 1. The highest BCUT2D eigenvalue weighted by Gasteiger charge is 2.12. The van der Waals surface area contributed by atoms with Crippen LogP contribution < -0.4 is 4.74 Å². The molecule has 4 heteroatoms. The molecule has 1 heterocycles. The summed E-state index contributed by atoms with van der Waals surface area (Å²) < 4.78 is 11.1. The third-order valence-electron chi connectivity index (χ3n) is 3.93. The molecule has 0 atom stereocenters. The molecule has 3 rings (SSSR count). The number of pyridine rings is 1. The Labute approximate surface area is 147 Å². The van der Waals surface area contributed by atoms with Gasteiger partial charge in [0.05, 0.1) is 13.0 Å². The number of benzene rings is 2. The third kappa shape index (κ3) is 4.15. The molecule has 0 amide bonds. The molecule has 0 N–H and O–H groups in total. The fraction of sp³-hybridized carbons (Fsp3) is 0.238. The van der Waals surface area contributed by atoms with Gasteiger partial charge in [0, 0.05) is 11.1 Å². The molecule has 0 saturated carbocycles. The van der Waals surface area contributed by atoms with Crippen molar-refractivity contribution in [2.75, 3.05) is 6.61 Å². The van der Waals surface area contributed by atoms with E-state index in [0.717, 1.165) is 33.5 Å². The van der Waals surface area contributed by atoms with Gasteiger partial charge in [-0.15, -0.1) is 0 Å². The minimum Gasteiger partial charge on any atom is -0.487 e. The first kappa shape index (κ1) is 17.0. The van der Waals surface area contributed by atoms with Gasteiger partial charge in [-0.05, 0) is 37.1 Å². The zero-order valence-electron chi connectivity index (χ0n) is 14.5. The quantitative estimate of drug-likeness (QED) is 0.633. The Hall–Kier alpha value is -2.88. The molecule has 0 unspecified atom stereocenters. The Balaban J connectivity index is 1.91. The van der Waals surface area contributed by atoms with Crippen molar-refractivity contribution in [1.29, 1.82) is 0 Å². The van der Waals surface area contributed by atoms with E-state index in [-0.39, 0.29) is 12.4 Å². The highest BCUT2D eigenvalue weighted by Crippen LogP contribution is 2.28. The van der Waals surface area contributed by atoms with E-state index in [1.165, 1.54) is 0 Å². The summed E-state index contributed by atoms with van der Waals surface area (Å²) in [5, 5.41) is 0.921. The molecular weight excluding hydrogens is 314 g/mol. The van der Waals surface area contributed by atoms with E-state index >= 15 is 0 Å². The van der Waals surface area contributed by atoms with E-state index < -0.39 is 0 Å². The fourth-order valence-corrected chi connectivity index (χ4v) is 2.72. The van der Waals surface area contributed by atoms with E-state index in [0.29, 0.717) is 13.2 Å². The number of hydrogen-bond donors (Lipinski definition) is 0. The maximum absolute atomic E-state index is 11.8. The molecule has 0 saturated heterocycles. The Morgan fingerprint density at radius 2 is 1.84 bits per heavy atom. The maximum Gasteiger partial charge on any atom is 0.310 e. The zero-order chi connectivity index (χ0) is 17.6. The van der Waals surface area contributed by atoms with E-state index in [9.17, 15) is 4.79 Å². The van der Waals surface area contributed by atoms with Crippen molar-refractivity contribution in [3.05, 3.63) is 71.4 Å². The molecule has 25 heavy (non-hydrogen) atoms. The standard InChI is InChI=1S/C21H21NO3/c1-3-24-20(23)13-17-10-12-19(21-18(17)11-9-15(2)22-21)25-14-16-7-5-4-6-8-16/h4-12H,3,13-14H2,1-2H3. The Bertz CT molecular complexity index is 875. The number of rotatable bonds is 6. The number of carbonyl (C=O) groups excluding carboxylic acids is 1. The van der Waals surface area contributed by atoms with Crippen LogP contribution in [0.2, 0.25) is 0 Å². The lowest BCUT2D eigenvalue weighted by Crippen LogP contribution is -2.08. The summed E-state index contributed by atoms with van der Waals surface area (Å²) in [6, 6.07) is 17.7. The Morgan fingerprint density at radius 1 is 1.04 bits per heavy atom. The largest absolute Gasteiger partial charge is 0.487 e. The van der Waals surface area contributed by atoms with Crippen molar-refractivity contribution < 1.29 is 14.3 Å². The molecular formula is C21H21NO3. The maximum atomic E-state index is 11.8. The van der Waals surface area contributed by atoms with Crippen LogP contribution in [0.15, 0.2) is 54.6 Å². The first-order chi connectivity index (χ1) is 12.2. The van der Waals surface area contributed by atoms with E-state index in [4.69, 9.17) is 9.47 Å². The summed E-state index contributed by atoms with van der Waals surface area (Å²) in [7, 11) is 0. The summed E-state index contributed by atoms with van der Waals surface area (Å²) in [5.74, 6) is 0.484. The monoisotopic (exact) mass is 335 g/mol.